The highest BCUT2D eigenvalue weighted by Gasteiger charge is 2.10. The Labute approximate surface area is 110 Å². The van der Waals surface area contributed by atoms with Crippen LogP contribution in [-0.4, -0.2) is 7.11 Å². The van der Waals surface area contributed by atoms with Gasteiger partial charge in [0.05, 0.1) is 23.4 Å². The van der Waals surface area contributed by atoms with Gasteiger partial charge < -0.3 is 9.15 Å². The average molecular weight is 271 g/mol. The van der Waals surface area contributed by atoms with E-state index in [4.69, 9.17) is 32.4 Å². The molecule has 2 nitrogen and oxygen atoms in total. The zero-order valence-corrected chi connectivity index (χ0v) is 11.1. The predicted molar refractivity (Wildman–Crippen MR) is 69.3 cm³/mol. The SMILES string of the molecule is COc1occ(Cc2ccc(Cl)c(Cl)c2)c1C. The van der Waals surface area contributed by atoms with Gasteiger partial charge in [0.15, 0.2) is 0 Å². The summed E-state index contributed by atoms with van der Waals surface area (Å²) in [4.78, 5) is 0. The molecule has 0 spiro atoms. The number of furan rings is 1. The highest BCUT2D eigenvalue weighted by Crippen LogP contribution is 2.28. The summed E-state index contributed by atoms with van der Waals surface area (Å²) in [5, 5.41) is 1.13. The van der Waals surface area contributed by atoms with E-state index in [1.807, 2.05) is 19.1 Å². The van der Waals surface area contributed by atoms with Crippen molar-refractivity contribution < 1.29 is 9.15 Å². The number of halogens is 2. The number of ether oxygens (including phenoxy) is 1. The maximum absolute atomic E-state index is 5.97. The molecule has 17 heavy (non-hydrogen) atoms. The molecule has 0 aliphatic rings. The summed E-state index contributed by atoms with van der Waals surface area (Å²) in [5.41, 5.74) is 3.18. The molecule has 0 N–H and O–H groups in total. The zero-order valence-electron chi connectivity index (χ0n) is 9.59. The molecule has 1 aromatic carbocycles. The second-order valence-electron chi connectivity index (χ2n) is 3.80. The molecule has 90 valence electrons. The van der Waals surface area contributed by atoms with Gasteiger partial charge >= 0.3 is 0 Å². The fraction of sp³-hybridized carbons (Fsp3) is 0.231. The highest BCUT2D eigenvalue weighted by atomic mass is 35.5. The van der Waals surface area contributed by atoms with E-state index in [-0.39, 0.29) is 0 Å². The van der Waals surface area contributed by atoms with Crippen molar-refractivity contribution in [2.75, 3.05) is 7.11 Å². The van der Waals surface area contributed by atoms with Crippen molar-refractivity contribution in [2.45, 2.75) is 13.3 Å². The van der Waals surface area contributed by atoms with Crippen LogP contribution in [0, 0.1) is 6.92 Å². The van der Waals surface area contributed by atoms with Crippen LogP contribution in [0.3, 0.4) is 0 Å². The molecule has 4 heteroatoms. The fourth-order valence-electron chi connectivity index (χ4n) is 1.68. The lowest BCUT2D eigenvalue weighted by Gasteiger charge is -2.02. The molecule has 0 unspecified atom stereocenters. The fourth-order valence-corrected chi connectivity index (χ4v) is 2.00. The molecule has 0 saturated carbocycles. The van der Waals surface area contributed by atoms with E-state index in [1.54, 1.807) is 19.4 Å². The molecule has 0 radical (unpaired) electrons. The van der Waals surface area contributed by atoms with Crippen molar-refractivity contribution in [3.63, 3.8) is 0 Å². The lowest BCUT2D eigenvalue weighted by Crippen LogP contribution is -1.90. The van der Waals surface area contributed by atoms with E-state index in [1.165, 1.54) is 0 Å². The molecule has 1 heterocycles. The molecule has 0 saturated heterocycles. The summed E-state index contributed by atoms with van der Waals surface area (Å²) < 4.78 is 10.4. The Balaban J connectivity index is 2.25. The average Bonchev–Trinajstić information content (AvgIpc) is 2.65. The van der Waals surface area contributed by atoms with E-state index in [0.717, 1.165) is 23.1 Å². The Hall–Kier alpha value is -1.12. The van der Waals surface area contributed by atoms with E-state index in [2.05, 4.69) is 0 Å². The Morgan fingerprint density at radius 3 is 2.59 bits per heavy atom. The van der Waals surface area contributed by atoms with Crippen LogP contribution < -0.4 is 4.74 Å². The van der Waals surface area contributed by atoms with Crippen LogP contribution in [-0.2, 0) is 6.42 Å². The van der Waals surface area contributed by atoms with Gasteiger partial charge in [0.2, 0.25) is 0 Å². The first-order valence-corrected chi connectivity index (χ1v) is 5.92. The Kier molecular flexibility index (Phi) is 3.65. The normalized spacial score (nSPS) is 10.6. The number of benzene rings is 1. The largest absolute Gasteiger partial charge is 0.468 e. The summed E-state index contributed by atoms with van der Waals surface area (Å²) in [7, 11) is 1.59. The molecule has 0 bridgehead atoms. The lowest BCUT2D eigenvalue weighted by molar-refractivity contribution is 0.302. The maximum Gasteiger partial charge on any atom is 0.287 e. The first-order valence-electron chi connectivity index (χ1n) is 5.16. The van der Waals surface area contributed by atoms with E-state index < -0.39 is 0 Å². The second kappa shape index (κ2) is 5.03. The summed E-state index contributed by atoms with van der Waals surface area (Å²) in [6.07, 6.45) is 2.45. The van der Waals surface area contributed by atoms with Gasteiger partial charge in [0.1, 0.15) is 0 Å². The van der Waals surface area contributed by atoms with Crippen molar-refractivity contribution >= 4 is 23.2 Å². The van der Waals surface area contributed by atoms with Gasteiger partial charge in [-0.15, -0.1) is 0 Å². The van der Waals surface area contributed by atoms with Gasteiger partial charge in [0.25, 0.3) is 5.95 Å². The minimum absolute atomic E-state index is 0.556. The zero-order chi connectivity index (χ0) is 12.4. The van der Waals surface area contributed by atoms with Crippen molar-refractivity contribution in [1.82, 2.24) is 0 Å². The topological polar surface area (TPSA) is 22.4 Å². The molecule has 0 atom stereocenters. The van der Waals surface area contributed by atoms with E-state index in [9.17, 15) is 0 Å². The Bertz CT molecular complexity index is 532. The van der Waals surface area contributed by atoms with Crippen LogP contribution in [0.4, 0.5) is 0 Å². The van der Waals surface area contributed by atoms with Crippen LogP contribution in [0.15, 0.2) is 28.9 Å². The molecule has 2 aromatic rings. The highest BCUT2D eigenvalue weighted by molar-refractivity contribution is 6.42. The second-order valence-corrected chi connectivity index (χ2v) is 4.62. The monoisotopic (exact) mass is 270 g/mol. The summed E-state index contributed by atoms with van der Waals surface area (Å²) in [6, 6.07) is 5.61. The molecular weight excluding hydrogens is 259 g/mol. The van der Waals surface area contributed by atoms with Gasteiger partial charge in [0, 0.05) is 17.5 Å². The van der Waals surface area contributed by atoms with Crippen molar-refractivity contribution in [3.8, 4) is 5.95 Å². The Morgan fingerprint density at radius 2 is 2.00 bits per heavy atom. The van der Waals surface area contributed by atoms with Crippen LogP contribution in [0.5, 0.6) is 5.95 Å². The molecule has 2 rings (SSSR count). The molecule has 0 aliphatic carbocycles. The first kappa shape index (κ1) is 12.3. The lowest BCUT2D eigenvalue weighted by atomic mass is 10.0. The van der Waals surface area contributed by atoms with Gasteiger partial charge in [-0.05, 0) is 24.6 Å². The minimum atomic E-state index is 0.556. The Morgan fingerprint density at radius 1 is 1.24 bits per heavy atom. The van der Waals surface area contributed by atoms with E-state index >= 15 is 0 Å². The molecule has 0 fully saturated rings. The summed E-state index contributed by atoms with van der Waals surface area (Å²) >= 11 is 11.8. The van der Waals surface area contributed by atoms with Crippen LogP contribution in [0.25, 0.3) is 0 Å². The third kappa shape index (κ3) is 2.59. The quantitative estimate of drug-likeness (QED) is 0.820. The first-order chi connectivity index (χ1) is 8.11. The number of hydrogen-bond acceptors (Lipinski definition) is 2. The summed E-state index contributed by atoms with van der Waals surface area (Å²) in [6.45, 7) is 1.97. The van der Waals surface area contributed by atoms with Crippen molar-refractivity contribution in [3.05, 3.63) is 51.2 Å². The third-order valence-electron chi connectivity index (χ3n) is 2.66. The van der Waals surface area contributed by atoms with Crippen LogP contribution in [0.2, 0.25) is 10.0 Å². The molecule has 0 amide bonds. The minimum Gasteiger partial charge on any atom is -0.468 e. The van der Waals surface area contributed by atoms with Gasteiger partial charge in [-0.3, -0.25) is 0 Å². The van der Waals surface area contributed by atoms with Crippen molar-refractivity contribution in [1.29, 1.82) is 0 Å². The number of methoxy groups -OCH3 is 1. The van der Waals surface area contributed by atoms with Crippen LogP contribution >= 0.6 is 23.2 Å². The maximum atomic E-state index is 5.97. The van der Waals surface area contributed by atoms with Gasteiger partial charge in [-0.25, -0.2) is 0 Å². The van der Waals surface area contributed by atoms with Crippen molar-refractivity contribution in [2.24, 2.45) is 0 Å². The van der Waals surface area contributed by atoms with Gasteiger partial charge in [-0.2, -0.15) is 0 Å². The molecule has 0 aliphatic heterocycles. The standard InChI is InChI=1S/C13H12Cl2O2/c1-8-10(7-17-13(8)16-2)5-9-3-4-11(14)12(15)6-9/h3-4,6-7H,5H2,1-2H3. The third-order valence-corrected chi connectivity index (χ3v) is 3.40. The predicted octanol–water partition coefficient (Wildman–Crippen LogP) is 4.49. The number of hydrogen-bond donors (Lipinski definition) is 0. The summed E-state index contributed by atoms with van der Waals surface area (Å²) in [5.74, 6) is 0.556. The molecular formula is C13H12Cl2O2. The molecule has 1 aromatic heterocycles. The number of rotatable bonds is 3. The van der Waals surface area contributed by atoms with Gasteiger partial charge in [-0.1, -0.05) is 29.3 Å². The van der Waals surface area contributed by atoms with Crippen LogP contribution in [0.1, 0.15) is 16.7 Å². The smallest absolute Gasteiger partial charge is 0.287 e. The van der Waals surface area contributed by atoms with E-state index in [0.29, 0.717) is 16.0 Å².